The van der Waals surface area contributed by atoms with Gasteiger partial charge in [-0.25, -0.2) is 4.79 Å². The lowest BCUT2D eigenvalue weighted by molar-refractivity contribution is -0.131. The first-order chi connectivity index (χ1) is 9.40. The van der Waals surface area contributed by atoms with Crippen molar-refractivity contribution in [3.05, 3.63) is 34.9 Å². The molecule has 0 saturated carbocycles. The lowest BCUT2D eigenvalue weighted by Crippen LogP contribution is -2.53. The Bertz CT molecular complexity index is 540. The van der Waals surface area contributed by atoms with Crippen molar-refractivity contribution < 1.29 is 14.6 Å². The minimum Gasteiger partial charge on any atom is -0.478 e. The Labute approximate surface area is 123 Å². The average Bonchev–Trinajstić information content (AvgIpc) is 2.37. The normalized spacial score (nSPS) is 18.4. The van der Waals surface area contributed by atoms with E-state index in [4.69, 9.17) is 21.4 Å². The zero-order valence-electron chi connectivity index (χ0n) is 11.6. The molecule has 108 valence electrons. The fourth-order valence-corrected chi connectivity index (χ4v) is 2.61. The van der Waals surface area contributed by atoms with Crippen LogP contribution in [-0.4, -0.2) is 36.4 Å². The molecule has 0 spiro atoms. The molecule has 1 aromatic rings. The summed E-state index contributed by atoms with van der Waals surface area (Å²) in [6.07, 6.45) is 2.63. The molecule has 1 aromatic carbocycles. The summed E-state index contributed by atoms with van der Waals surface area (Å²) in [5.41, 5.74) is 1.61. The summed E-state index contributed by atoms with van der Waals surface area (Å²) in [6.45, 7) is 6.35. The summed E-state index contributed by atoms with van der Waals surface area (Å²) >= 11 is 6.34. The standard InChI is InChI=1S/C15H18ClNO3/c1-15(2)10-20-8-7-17(15)13-5-3-11(9-12(13)16)4-6-14(18)19/h3-6,9H,7-8,10H2,1-2H3,(H,18,19)/b6-4+. The zero-order valence-corrected chi connectivity index (χ0v) is 12.4. The van der Waals surface area contributed by atoms with E-state index < -0.39 is 5.97 Å². The first-order valence-electron chi connectivity index (χ1n) is 6.46. The predicted octanol–water partition coefficient (Wildman–Crippen LogP) is 3.05. The molecule has 0 atom stereocenters. The van der Waals surface area contributed by atoms with Crippen molar-refractivity contribution in [1.82, 2.24) is 0 Å². The summed E-state index contributed by atoms with van der Waals surface area (Å²) in [5.74, 6) is -0.973. The van der Waals surface area contributed by atoms with Gasteiger partial charge in [-0.1, -0.05) is 17.7 Å². The Morgan fingerprint density at radius 3 is 2.85 bits per heavy atom. The summed E-state index contributed by atoms with van der Waals surface area (Å²) in [4.78, 5) is 12.7. The van der Waals surface area contributed by atoms with Crippen molar-refractivity contribution in [2.24, 2.45) is 0 Å². The molecular weight excluding hydrogens is 278 g/mol. The number of aliphatic carboxylic acids is 1. The van der Waals surface area contributed by atoms with E-state index in [-0.39, 0.29) is 5.54 Å². The van der Waals surface area contributed by atoms with Crippen LogP contribution in [0.25, 0.3) is 6.08 Å². The molecule has 0 aliphatic carbocycles. The maximum Gasteiger partial charge on any atom is 0.328 e. The number of hydrogen-bond donors (Lipinski definition) is 1. The molecule has 1 fully saturated rings. The van der Waals surface area contributed by atoms with Crippen molar-refractivity contribution in [3.63, 3.8) is 0 Å². The molecule has 1 aliphatic heterocycles. The van der Waals surface area contributed by atoms with E-state index >= 15 is 0 Å². The van der Waals surface area contributed by atoms with Gasteiger partial charge in [-0.15, -0.1) is 0 Å². The van der Waals surface area contributed by atoms with E-state index in [1.807, 2.05) is 12.1 Å². The molecule has 20 heavy (non-hydrogen) atoms. The highest BCUT2D eigenvalue weighted by Crippen LogP contribution is 2.33. The lowest BCUT2D eigenvalue weighted by atomic mass is 10.0. The van der Waals surface area contributed by atoms with Crippen molar-refractivity contribution in [2.75, 3.05) is 24.7 Å². The van der Waals surface area contributed by atoms with Crippen LogP contribution in [-0.2, 0) is 9.53 Å². The van der Waals surface area contributed by atoms with Gasteiger partial charge in [-0.3, -0.25) is 0 Å². The number of anilines is 1. The lowest BCUT2D eigenvalue weighted by Gasteiger charge is -2.44. The second-order valence-corrected chi connectivity index (χ2v) is 5.81. The van der Waals surface area contributed by atoms with E-state index in [0.29, 0.717) is 18.2 Å². The van der Waals surface area contributed by atoms with Gasteiger partial charge in [0, 0.05) is 12.6 Å². The average molecular weight is 296 g/mol. The van der Waals surface area contributed by atoms with Gasteiger partial charge >= 0.3 is 5.97 Å². The Balaban J connectivity index is 2.27. The number of carboxylic acids is 1. The third kappa shape index (κ3) is 3.32. The maximum absolute atomic E-state index is 10.5. The van der Waals surface area contributed by atoms with Crippen molar-refractivity contribution >= 4 is 29.3 Å². The third-order valence-corrected chi connectivity index (χ3v) is 3.63. The first-order valence-corrected chi connectivity index (χ1v) is 6.84. The number of hydrogen-bond acceptors (Lipinski definition) is 3. The zero-order chi connectivity index (χ0) is 14.8. The highest BCUT2D eigenvalue weighted by atomic mass is 35.5. The van der Waals surface area contributed by atoms with Gasteiger partial charge in [0.1, 0.15) is 0 Å². The summed E-state index contributed by atoms with van der Waals surface area (Å²) < 4.78 is 5.50. The Hall–Kier alpha value is -1.52. The van der Waals surface area contributed by atoms with E-state index in [1.54, 1.807) is 6.07 Å². The first kappa shape index (κ1) is 14.9. The van der Waals surface area contributed by atoms with Crippen molar-refractivity contribution in [2.45, 2.75) is 19.4 Å². The highest BCUT2D eigenvalue weighted by molar-refractivity contribution is 6.33. The predicted molar refractivity (Wildman–Crippen MR) is 80.4 cm³/mol. The third-order valence-electron chi connectivity index (χ3n) is 3.33. The molecule has 0 aromatic heterocycles. The van der Waals surface area contributed by atoms with Gasteiger partial charge < -0.3 is 14.7 Å². The Kier molecular flexibility index (Phi) is 4.35. The minimum atomic E-state index is -0.973. The van der Waals surface area contributed by atoms with Gasteiger partial charge in [0.15, 0.2) is 0 Å². The Morgan fingerprint density at radius 2 is 2.25 bits per heavy atom. The quantitative estimate of drug-likeness (QED) is 0.871. The van der Waals surface area contributed by atoms with E-state index in [2.05, 4.69) is 18.7 Å². The molecule has 1 N–H and O–H groups in total. The van der Waals surface area contributed by atoms with Crippen LogP contribution in [0.2, 0.25) is 5.02 Å². The second kappa shape index (κ2) is 5.85. The molecule has 0 amide bonds. The van der Waals surface area contributed by atoms with Gasteiger partial charge in [-0.2, -0.15) is 0 Å². The molecule has 5 heteroatoms. The topological polar surface area (TPSA) is 49.8 Å². The number of halogens is 1. The fourth-order valence-electron chi connectivity index (χ4n) is 2.32. The molecule has 1 saturated heterocycles. The molecule has 2 rings (SSSR count). The van der Waals surface area contributed by atoms with E-state index in [9.17, 15) is 4.79 Å². The number of nitrogens with zero attached hydrogens (tertiary/aromatic N) is 1. The summed E-state index contributed by atoms with van der Waals surface area (Å²) in [6, 6.07) is 5.57. The highest BCUT2D eigenvalue weighted by Gasteiger charge is 2.31. The summed E-state index contributed by atoms with van der Waals surface area (Å²) in [7, 11) is 0. The van der Waals surface area contributed by atoms with Crippen LogP contribution in [0, 0.1) is 0 Å². The van der Waals surface area contributed by atoms with Gasteiger partial charge in [0.2, 0.25) is 0 Å². The summed E-state index contributed by atoms with van der Waals surface area (Å²) in [5, 5.41) is 9.25. The van der Waals surface area contributed by atoms with Crippen LogP contribution in [0.3, 0.4) is 0 Å². The van der Waals surface area contributed by atoms with Crippen LogP contribution in [0.4, 0.5) is 5.69 Å². The van der Waals surface area contributed by atoms with Crippen LogP contribution in [0.5, 0.6) is 0 Å². The fraction of sp³-hybridized carbons (Fsp3) is 0.400. The SMILES string of the molecule is CC1(C)COCCN1c1ccc(/C=C/C(=O)O)cc1Cl. The molecule has 0 unspecified atom stereocenters. The van der Waals surface area contributed by atoms with Gasteiger partial charge in [-0.05, 0) is 37.6 Å². The van der Waals surface area contributed by atoms with Crippen LogP contribution in [0.15, 0.2) is 24.3 Å². The van der Waals surface area contributed by atoms with Gasteiger partial charge in [0.25, 0.3) is 0 Å². The number of carbonyl (C=O) groups is 1. The number of rotatable bonds is 3. The second-order valence-electron chi connectivity index (χ2n) is 5.40. The Morgan fingerprint density at radius 1 is 1.50 bits per heavy atom. The number of ether oxygens (including phenoxy) is 1. The minimum absolute atomic E-state index is 0.111. The molecule has 1 aliphatic rings. The van der Waals surface area contributed by atoms with Crippen LogP contribution >= 0.6 is 11.6 Å². The monoisotopic (exact) mass is 295 g/mol. The molecule has 4 nitrogen and oxygen atoms in total. The van der Waals surface area contributed by atoms with E-state index in [0.717, 1.165) is 23.9 Å². The van der Waals surface area contributed by atoms with E-state index in [1.165, 1.54) is 6.08 Å². The number of morpholine rings is 1. The van der Waals surface area contributed by atoms with Crippen molar-refractivity contribution in [1.29, 1.82) is 0 Å². The largest absolute Gasteiger partial charge is 0.478 e. The molecule has 1 heterocycles. The number of carboxylic acid groups (broad SMARTS) is 1. The smallest absolute Gasteiger partial charge is 0.328 e. The van der Waals surface area contributed by atoms with Crippen LogP contribution < -0.4 is 4.90 Å². The molecule has 0 radical (unpaired) electrons. The van der Waals surface area contributed by atoms with Gasteiger partial charge in [0.05, 0.1) is 29.5 Å². The molecule has 0 bridgehead atoms. The number of benzene rings is 1. The maximum atomic E-state index is 10.5. The van der Waals surface area contributed by atoms with Crippen LogP contribution in [0.1, 0.15) is 19.4 Å². The molecular formula is C15H18ClNO3. The van der Waals surface area contributed by atoms with Crippen molar-refractivity contribution in [3.8, 4) is 0 Å².